The summed E-state index contributed by atoms with van der Waals surface area (Å²) in [6.45, 7) is 4.19. The Morgan fingerprint density at radius 1 is 0.588 bits per heavy atom. The fourth-order valence-electron chi connectivity index (χ4n) is 1.92. The molecule has 0 fully saturated rings. The van der Waals surface area contributed by atoms with Crippen LogP contribution in [0.5, 0.6) is 0 Å². The van der Waals surface area contributed by atoms with Crippen molar-refractivity contribution in [3.63, 3.8) is 0 Å². The molecular weight excluding hydrogens is 212 g/mol. The first-order chi connectivity index (χ1) is 8.20. The SMILES string of the molecule is CCCCCC(=O)CCCCCC(=O)CCC. The van der Waals surface area contributed by atoms with E-state index in [1.165, 1.54) is 6.42 Å². The second-order valence-electron chi connectivity index (χ2n) is 4.85. The highest BCUT2D eigenvalue weighted by Gasteiger charge is 2.03. The molecule has 0 radical (unpaired) electrons. The maximum Gasteiger partial charge on any atom is 0.132 e. The van der Waals surface area contributed by atoms with Crippen molar-refractivity contribution < 1.29 is 9.59 Å². The molecule has 0 unspecified atom stereocenters. The fourth-order valence-corrected chi connectivity index (χ4v) is 1.92. The number of carbonyl (C=O) groups excluding carboxylic acids is 2. The summed E-state index contributed by atoms with van der Waals surface area (Å²) >= 11 is 0. The second kappa shape index (κ2) is 11.8. The monoisotopic (exact) mass is 240 g/mol. The van der Waals surface area contributed by atoms with Crippen LogP contribution in [-0.2, 0) is 9.59 Å². The molecule has 0 aliphatic rings. The molecule has 0 aromatic heterocycles. The summed E-state index contributed by atoms with van der Waals surface area (Å²) < 4.78 is 0. The molecule has 17 heavy (non-hydrogen) atoms. The summed E-state index contributed by atoms with van der Waals surface area (Å²) in [6.07, 6.45) is 10.2. The normalized spacial score (nSPS) is 10.5. The minimum absolute atomic E-state index is 0.377. The molecule has 100 valence electrons. The fraction of sp³-hybridized carbons (Fsp3) is 0.867. The Morgan fingerprint density at radius 2 is 1.06 bits per heavy atom. The molecule has 0 rings (SSSR count). The van der Waals surface area contributed by atoms with Crippen LogP contribution in [-0.4, -0.2) is 11.6 Å². The summed E-state index contributed by atoms with van der Waals surface area (Å²) in [5.41, 5.74) is 0. The van der Waals surface area contributed by atoms with E-state index in [4.69, 9.17) is 0 Å². The smallest absolute Gasteiger partial charge is 0.132 e. The Morgan fingerprint density at radius 3 is 1.53 bits per heavy atom. The van der Waals surface area contributed by atoms with Gasteiger partial charge >= 0.3 is 0 Å². The van der Waals surface area contributed by atoms with Gasteiger partial charge in [-0.05, 0) is 25.7 Å². The first kappa shape index (κ1) is 16.3. The molecule has 0 spiro atoms. The Bertz CT molecular complexity index is 209. The predicted molar refractivity (Wildman–Crippen MR) is 72.1 cm³/mol. The van der Waals surface area contributed by atoms with Crippen LogP contribution in [0.2, 0.25) is 0 Å². The molecule has 0 saturated heterocycles. The highest BCUT2D eigenvalue weighted by molar-refractivity contribution is 5.78. The zero-order chi connectivity index (χ0) is 12.9. The standard InChI is InChI=1S/C15H28O2/c1-3-5-7-11-15(17)13-9-6-8-12-14(16)10-4-2/h3-13H2,1-2H3. The van der Waals surface area contributed by atoms with E-state index in [9.17, 15) is 9.59 Å². The average molecular weight is 240 g/mol. The quantitative estimate of drug-likeness (QED) is 0.472. The van der Waals surface area contributed by atoms with Crippen LogP contribution in [0.25, 0.3) is 0 Å². The lowest BCUT2D eigenvalue weighted by Crippen LogP contribution is -1.99. The second-order valence-corrected chi connectivity index (χ2v) is 4.85. The van der Waals surface area contributed by atoms with Gasteiger partial charge in [-0.25, -0.2) is 0 Å². The molecule has 0 heterocycles. The first-order valence-electron chi connectivity index (χ1n) is 7.24. The molecule has 0 bridgehead atoms. The summed E-state index contributed by atoms with van der Waals surface area (Å²) in [7, 11) is 0. The van der Waals surface area contributed by atoms with Gasteiger partial charge in [0.25, 0.3) is 0 Å². The minimum atomic E-state index is 0.377. The summed E-state index contributed by atoms with van der Waals surface area (Å²) in [6, 6.07) is 0. The van der Waals surface area contributed by atoms with Gasteiger partial charge < -0.3 is 0 Å². The largest absolute Gasteiger partial charge is 0.300 e. The number of ketones is 2. The van der Waals surface area contributed by atoms with Crippen LogP contribution >= 0.6 is 0 Å². The molecule has 0 aromatic rings. The van der Waals surface area contributed by atoms with Crippen molar-refractivity contribution in [1.29, 1.82) is 0 Å². The minimum Gasteiger partial charge on any atom is -0.300 e. The lowest BCUT2D eigenvalue weighted by atomic mass is 10.0. The zero-order valence-electron chi connectivity index (χ0n) is 11.6. The van der Waals surface area contributed by atoms with Crippen LogP contribution in [0.1, 0.15) is 84.5 Å². The van der Waals surface area contributed by atoms with Crippen molar-refractivity contribution in [3.8, 4) is 0 Å². The molecule has 0 saturated carbocycles. The van der Waals surface area contributed by atoms with Crippen molar-refractivity contribution in [1.82, 2.24) is 0 Å². The lowest BCUT2D eigenvalue weighted by Gasteiger charge is -2.01. The number of rotatable bonds is 12. The zero-order valence-corrected chi connectivity index (χ0v) is 11.6. The Labute approximate surface area is 106 Å². The van der Waals surface area contributed by atoms with Gasteiger partial charge in [0.05, 0.1) is 0 Å². The maximum absolute atomic E-state index is 11.5. The van der Waals surface area contributed by atoms with E-state index in [-0.39, 0.29) is 0 Å². The third kappa shape index (κ3) is 11.6. The highest BCUT2D eigenvalue weighted by atomic mass is 16.1. The Hall–Kier alpha value is -0.660. The number of Topliss-reactive ketones (excluding diaryl/α,β-unsaturated/α-hetero) is 2. The van der Waals surface area contributed by atoms with Gasteiger partial charge in [-0.2, -0.15) is 0 Å². The van der Waals surface area contributed by atoms with E-state index in [0.717, 1.165) is 51.4 Å². The molecule has 0 aliphatic heterocycles. The van der Waals surface area contributed by atoms with Gasteiger partial charge in [0.15, 0.2) is 0 Å². The molecular formula is C15H28O2. The van der Waals surface area contributed by atoms with Crippen molar-refractivity contribution in [2.75, 3.05) is 0 Å². The molecule has 0 aliphatic carbocycles. The van der Waals surface area contributed by atoms with E-state index in [2.05, 4.69) is 6.92 Å². The molecule has 0 amide bonds. The van der Waals surface area contributed by atoms with Crippen LogP contribution in [0.15, 0.2) is 0 Å². The van der Waals surface area contributed by atoms with Crippen molar-refractivity contribution in [2.24, 2.45) is 0 Å². The first-order valence-corrected chi connectivity index (χ1v) is 7.24. The predicted octanol–water partition coefficient (Wildman–Crippen LogP) is 4.46. The third-order valence-corrected chi connectivity index (χ3v) is 3.00. The van der Waals surface area contributed by atoms with Gasteiger partial charge in [0.2, 0.25) is 0 Å². The lowest BCUT2D eigenvalue weighted by molar-refractivity contribution is -0.119. The van der Waals surface area contributed by atoms with Gasteiger partial charge in [-0.3, -0.25) is 9.59 Å². The van der Waals surface area contributed by atoms with Crippen LogP contribution in [0.3, 0.4) is 0 Å². The number of hydrogen-bond acceptors (Lipinski definition) is 2. The van der Waals surface area contributed by atoms with Gasteiger partial charge in [-0.15, -0.1) is 0 Å². The molecule has 0 atom stereocenters. The van der Waals surface area contributed by atoms with Crippen LogP contribution in [0, 0.1) is 0 Å². The number of carbonyl (C=O) groups is 2. The van der Waals surface area contributed by atoms with E-state index < -0.39 is 0 Å². The molecule has 2 heteroatoms. The van der Waals surface area contributed by atoms with Gasteiger partial charge in [0.1, 0.15) is 11.6 Å². The average Bonchev–Trinajstić information content (AvgIpc) is 2.29. The van der Waals surface area contributed by atoms with E-state index in [1.807, 2.05) is 6.92 Å². The van der Waals surface area contributed by atoms with Crippen molar-refractivity contribution >= 4 is 11.6 Å². The van der Waals surface area contributed by atoms with Crippen molar-refractivity contribution in [2.45, 2.75) is 84.5 Å². The van der Waals surface area contributed by atoms with E-state index in [0.29, 0.717) is 24.4 Å². The van der Waals surface area contributed by atoms with Crippen LogP contribution in [0.4, 0.5) is 0 Å². The number of unbranched alkanes of at least 4 members (excludes halogenated alkanes) is 4. The topological polar surface area (TPSA) is 34.1 Å². The van der Waals surface area contributed by atoms with E-state index in [1.54, 1.807) is 0 Å². The van der Waals surface area contributed by atoms with Crippen molar-refractivity contribution in [3.05, 3.63) is 0 Å². The molecule has 0 N–H and O–H groups in total. The summed E-state index contributed by atoms with van der Waals surface area (Å²) in [5.74, 6) is 0.778. The summed E-state index contributed by atoms with van der Waals surface area (Å²) in [5, 5.41) is 0. The number of hydrogen-bond donors (Lipinski definition) is 0. The maximum atomic E-state index is 11.5. The Balaban J connectivity index is 3.27. The van der Waals surface area contributed by atoms with Crippen LogP contribution < -0.4 is 0 Å². The Kier molecular flexibility index (Phi) is 11.4. The van der Waals surface area contributed by atoms with Gasteiger partial charge in [0, 0.05) is 25.7 Å². The summed E-state index contributed by atoms with van der Waals surface area (Å²) in [4.78, 5) is 22.7. The third-order valence-electron chi connectivity index (χ3n) is 3.00. The van der Waals surface area contributed by atoms with Gasteiger partial charge in [-0.1, -0.05) is 33.1 Å². The highest BCUT2D eigenvalue weighted by Crippen LogP contribution is 2.09. The molecule has 0 aromatic carbocycles. The molecule has 2 nitrogen and oxygen atoms in total. The van der Waals surface area contributed by atoms with E-state index >= 15 is 0 Å².